The van der Waals surface area contributed by atoms with Crippen LogP contribution in [0.2, 0.25) is 0 Å². The number of nitrogens with one attached hydrogen (secondary N) is 1. The molecule has 15 rings (SSSR count). The van der Waals surface area contributed by atoms with Gasteiger partial charge in [0.15, 0.2) is 0 Å². The van der Waals surface area contributed by atoms with Gasteiger partial charge >= 0.3 is 0 Å². The lowest BCUT2D eigenvalue weighted by Gasteiger charge is -2.29. The Kier molecular flexibility index (Phi) is 17.8. The van der Waals surface area contributed by atoms with Crippen molar-refractivity contribution in [2.24, 2.45) is 0 Å². The van der Waals surface area contributed by atoms with Gasteiger partial charge in [-0.05, 0) is 149 Å². The van der Waals surface area contributed by atoms with E-state index in [0.717, 1.165) is 78.3 Å². The number of carbonyl (C=O) groups excluding carboxylic acids is 10. The molecule has 7 aromatic carbocycles. The standard InChI is InChI=1S/C35H26N2O6.C21H14N2O4.C10H5NO2.C10H13NO2/c1-35(2,23-3-11-27(12-4-23)42-29-15-7-25(8-16-29)36-31(38)19-20-32(36)39)24-5-13-28(14-6-24)43-30-17-9-26(10-18-30)37-33(40)21-22-34(37)41;24-18-9-10-19(25)22(18)16-5-1-14(2-6-16)13-15-3-7-17(8-4-15)23-20(26)11-12-21(23)27;12-9-7-5-3-1-2-4-6(5)8(7)10(13)11-9;12-9-6-7-10(13)11(9)8-4-2-1-3-5-8/h3-22H,1-2H3;1-12H,13H2;1-4H,(H,11,12,13);6-8H,1-5H2. The summed E-state index contributed by atoms with van der Waals surface area (Å²) >= 11 is 0. The maximum atomic E-state index is 11.9. The minimum Gasteiger partial charge on any atom is -0.457 e. The van der Waals surface area contributed by atoms with Crippen LogP contribution in [0.3, 0.4) is 0 Å². The predicted octanol–water partition coefficient (Wildman–Crippen LogP) is 10.3. The van der Waals surface area contributed by atoms with Gasteiger partial charge in [0.1, 0.15) is 23.0 Å². The first-order chi connectivity index (χ1) is 46.3. The van der Waals surface area contributed by atoms with Crippen LogP contribution in [0.5, 0.6) is 23.0 Å². The van der Waals surface area contributed by atoms with Crippen LogP contribution < -0.4 is 40.2 Å². The number of H-pyrrole nitrogens is 1. The second-order valence-corrected chi connectivity index (χ2v) is 23.5. The van der Waals surface area contributed by atoms with E-state index in [-0.39, 0.29) is 81.6 Å². The maximum absolute atomic E-state index is 11.9. The van der Waals surface area contributed by atoms with Gasteiger partial charge in [-0.25, -0.2) is 19.6 Å². The SMILES string of the molecule is CC(C)(c1ccc(Oc2ccc(N3C(=O)C=CC3=O)cc2)cc1)c1ccc(Oc2ccc(N3C(=O)C=CC3=O)cc2)cc1.O=C1C=CC(=O)N1C1CCCCC1.O=C1C=CC(=O)N1c1ccc(Cc2ccc(N3C(=O)C=CC3=O)cc2)cc1.O=c1[nH]c(=O)c2c3ccccc3c1=2. The molecule has 0 atom stereocenters. The smallest absolute Gasteiger partial charge is 0.259 e. The van der Waals surface area contributed by atoms with E-state index in [4.69, 9.17) is 9.47 Å². The third-order valence-electron chi connectivity index (χ3n) is 17.0. The number of anilines is 4. The van der Waals surface area contributed by atoms with Crippen molar-refractivity contribution < 1.29 is 57.4 Å². The van der Waals surface area contributed by atoms with Crippen molar-refractivity contribution in [2.45, 2.75) is 63.8 Å². The van der Waals surface area contributed by atoms with Gasteiger partial charge in [0.25, 0.3) is 70.2 Å². The highest BCUT2D eigenvalue weighted by molar-refractivity contribution is 6.30. The molecule has 2 aliphatic carbocycles. The highest BCUT2D eigenvalue weighted by Crippen LogP contribution is 2.36. The van der Waals surface area contributed by atoms with Gasteiger partial charge in [0.05, 0.1) is 33.2 Å². The molecule has 1 fully saturated rings. The summed E-state index contributed by atoms with van der Waals surface area (Å²) in [7, 11) is 0. The first-order valence-electron chi connectivity index (χ1n) is 30.7. The average molecular weight is 1280 g/mol. The van der Waals surface area contributed by atoms with Crippen LogP contribution in [0.25, 0.3) is 10.8 Å². The normalized spacial score (nSPS) is 16.0. The Morgan fingerprint density at radius 1 is 0.344 bits per heavy atom. The minimum absolute atomic E-state index is 0.128. The van der Waals surface area contributed by atoms with Crippen molar-refractivity contribution in [3.63, 3.8) is 0 Å². The van der Waals surface area contributed by atoms with Crippen LogP contribution in [0.4, 0.5) is 22.7 Å². The van der Waals surface area contributed by atoms with Gasteiger partial charge < -0.3 is 9.47 Å². The van der Waals surface area contributed by atoms with Crippen molar-refractivity contribution in [1.82, 2.24) is 9.88 Å². The summed E-state index contributed by atoms with van der Waals surface area (Å²) in [6.45, 7) is 4.28. The Morgan fingerprint density at radius 3 is 0.917 bits per heavy atom. The van der Waals surface area contributed by atoms with Crippen LogP contribution in [-0.2, 0) is 59.8 Å². The van der Waals surface area contributed by atoms with Crippen LogP contribution in [0.1, 0.15) is 68.2 Å². The van der Waals surface area contributed by atoms with E-state index in [1.165, 1.54) is 72.1 Å². The van der Waals surface area contributed by atoms with Crippen LogP contribution in [-0.4, -0.2) is 75.0 Å². The molecule has 0 bridgehead atoms. The fourth-order valence-electron chi connectivity index (χ4n) is 12.0. The van der Waals surface area contributed by atoms with E-state index < -0.39 is 0 Å². The molecule has 476 valence electrons. The molecule has 20 nitrogen and oxygen atoms in total. The molecule has 7 aromatic rings. The summed E-state index contributed by atoms with van der Waals surface area (Å²) in [6, 6.07) is 51.3. The number of fused-ring (bicyclic) bond motifs is 3. The molecule has 6 aliphatic heterocycles. The minimum atomic E-state index is -0.362. The van der Waals surface area contributed by atoms with Gasteiger partial charge in [-0.2, -0.15) is 0 Å². The third-order valence-corrected chi connectivity index (χ3v) is 17.0. The number of carbonyl (C=O) groups is 10. The van der Waals surface area contributed by atoms with Gasteiger partial charge in [0, 0.05) is 72.2 Å². The third kappa shape index (κ3) is 13.2. The number of hydrogen-bond donors (Lipinski definition) is 1. The number of ether oxygens (including phenoxy) is 2. The summed E-state index contributed by atoms with van der Waals surface area (Å²) in [5.41, 5.74) is 5.43. The second kappa shape index (κ2) is 26.9. The Morgan fingerprint density at radius 2 is 0.615 bits per heavy atom. The Bertz CT molecular complexity index is 4560. The largest absolute Gasteiger partial charge is 0.457 e. The first kappa shape index (κ1) is 63.6. The van der Waals surface area contributed by atoms with Crippen molar-refractivity contribution in [1.29, 1.82) is 0 Å². The number of aromatic amines is 1. The quantitative estimate of drug-likeness (QED) is 0.105. The number of hydrogen-bond acceptors (Lipinski definition) is 14. The zero-order valence-corrected chi connectivity index (χ0v) is 51.7. The highest BCUT2D eigenvalue weighted by Gasteiger charge is 2.33. The number of amides is 10. The molecule has 0 unspecified atom stereocenters. The van der Waals surface area contributed by atoms with Crippen molar-refractivity contribution >= 4 is 92.6 Å². The van der Waals surface area contributed by atoms with Crippen LogP contribution in [0.15, 0.2) is 240 Å². The topological polar surface area (TPSA) is 255 Å². The van der Waals surface area contributed by atoms with E-state index in [9.17, 15) is 57.5 Å². The Balaban J connectivity index is 0.000000139. The molecule has 6 heterocycles. The lowest BCUT2D eigenvalue weighted by molar-refractivity contribution is -0.140. The van der Waals surface area contributed by atoms with E-state index in [1.807, 2.05) is 97.1 Å². The van der Waals surface area contributed by atoms with Crippen LogP contribution in [0, 0.1) is 10.4 Å². The zero-order valence-electron chi connectivity index (χ0n) is 51.7. The average Bonchev–Trinajstić information content (AvgIpc) is 1.52. The van der Waals surface area contributed by atoms with E-state index in [1.54, 1.807) is 72.8 Å². The molecule has 1 saturated carbocycles. The van der Waals surface area contributed by atoms with E-state index in [2.05, 4.69) is 18.8 Å². The predicted molar refractivity (Wildman–Crippen MR) is 357 cm³/mol. The monoisotopic (exact) mass is 1280 g/mol. The molecule has 0 radical (unpaired) electrons. The molecule has 1 N–H and O–H groups in total. The molecular formula is C76H58N6O14. The van der Waals surface area contributed by atoms with Gasteiger partial charge in [-0.1, -0.05) is 106 Å². The summed E-state index contributed by atoms with van der Waals surface area (Å²) < 4.78 is 12.0. The summed E-state index contributed by atoms with van der Waals surface area (Å²) in [6.07, 6.45) is 18.9. The zero-order chi connectivity index (χ0) is 67.4. The lowest BCUT2D eigenvalue weighted by Crippen LogP contribution is -2.41. The second-order valence-electron chi connectivity index (χ2n) is 23.5. The Hall–Kier alpha value is -12.6. The van der Waals surface area contributed by atoms with Gasteiger partial charge in [-0.3, -0.25) is 67.4 Å². The van der Waals surface area contributed by atoms with E-state index in [0.29, 0.717) is 62.6 Å². The lowest BCUT2D eigenvalue weighted by atomic mass is 9.78. The molecule has 0 spiro atoms. The number of aromatic nitrogens is 1. The molecule has 0 aromatic heterocycles. The number of benzene rings is 7. The van der Waals surface area contributed by atoms with Crippen molar-refractivity contribution in [2.75, 3.05) is 19.6 Å². The highest BCUT2D eigenvalue weighted by atomic mass is 16.5. The molecule has 8 aliphatic rings. The summed E-state index contributed by atoms with van der Waals surface area (Å²) in [4.78, 5) is 148. The Labute approximate surface area is 547 Å². The van der Waals surface area contributed by atoms with Gasteiger partial charge in [0.2, 0.25) is 0 Å². The van der Waals surface area contributed by atoms with Gasteiger partial charge in [-0.15, -0.1) is 0 Å². The molecule has 10 amide bonds. The molecule has 20 heteroatoms. The van der Waals surface area contributed by atoms with E-state index >= 15 is 0 Å². The number of nitrogens with zero attached hydrogens (tertiary/aromatic N) is 5. The van der Waals surface area contributed by atoms with Crippen LogP contribution >= 0.6 is 0 Å². The van der Waals surface area contributed by atoms with Crippen molar-refractivity contribution in [3.8, 4) is 23.0 Å². The fourth-order valence-corrected chi connectivity index (χ4v) is 12.0. The van der Waals surface area contributed by atoms with Crippen molar-refractivity contribution in [3.05, 3.63) is 284 Å². The summed E-state index contributed by atoms with van der Waals surface area (Å²) in [5, 5.41) is 2.89. The molecule has 0 saturated heterocycles. The number of imide groups is 5. The molecular weight excluding hydrogens is 1220 g/mol. The number of rotatable bonds is 13. The maximum Gasteiger partial charge on any atom is 0.259 e. The summed E-state index contributed by atoms with van der Waals surface area (Å²) in [5.74, 6) is -0.588. The first-order valence-corrected chi connectivity index (χ1v) is 30.7. The molecule has 96 heavy (non-hydrogen) atoms. The fraction of sp³-hybridized carbons (Fsp3) is 0.132.